The Hall–Kier alpha value is -2.83. The molecule has 0 unspecified atom stereocenters. The van der Waals surface area contributed by atoms with Gasteiger partial charge in [0.15, 0.2) is 6.10 Å². The van der Waals surface area contributed by atoms with Gasteiger partial charge in [0.2, 0.25) is 0 Å². The van der Waals surface area contributed by atoms with Crippen LogP contribution in [0.25, 0.3) is 11.0 Å². The average Bonchev–Trinajstić information content (AvgIpc) is 2.60. The molecule has 1 heterocycles. The summed E-state index contributed by atoms with van der Waals surface area (Å²) in [6.45, 7) is 8.67. The van der Waals surface area contributed by atoms with Gasteiger partial charge in [-0.15, -0.1) is 0 Å². The van der Waals surface area contributed by atoms with Crippen molar-refractivity contribution in [1.82, 2.24) is 5.32 Å². The molecule has 1 amide bonds. The highest BCUT2D eigenvalue weighted by molar-refractivity contribution is 5.87. The van der Waals surface area contributed by atoms with Gasteiger partial charge in [0, 0.05) is 17.0 Å². The summed E-state index contributed by atoms with van der Waals surface area (Å²) in [5.41, 5.74) is 1.47. The molecule has 0 saturated carbocycles. The van der Waals surface area contributed by atoms with Gasteiger partial charge >= 0.3 is 11.6 Å². The van der Waals surface area contributed by atoms with Crippen molar-refractivity contribution >= 4 is 22.8 Å². The molecule has 1 aromatic carbocycles. The van der Waals surface area contributed by atoms with Gasteiger partial charge in [-0.25, -0.2) is 9.59 Å². The first-order valence-electron chi connectivity index (χ1n) is 8.91. The first kappa shape index (κ1) is 20.5. The largest absolute Gasteiger partial charge is 0.480 e. The number of hydrogen-bond donors (Lipinski definition) is 2. The van der Waals surface area contributed by atoms with E-state index in [1.807, 2.05) is 6.92 Å². The Morgan fingerprint density at radius 2 is 1.93 bits per heavy atom. The molecule has 2 N–H and O–H groups in total. The van der Waals surface area contributed by atoms with E-state index in [9.17, 15) is 19.5 Å². The minimum absolute atomic E-state index is 0.261. The van der Waals surface area contributed by atoms with E-state index in [2.05, 4.69) is 5.32 Å². The summed E-state index contributed by atoms with van der Waals surface area (Å²) in [4.78, 5) is 35.4. The number of aliphatic carboxylic acids is 1. The Kier molecular flexibility index (Phi) is 6.25. The highest BCUT2D eigenvalue weighted by Crippen LogP contribution is 2.29. The highest BCUT2D eigenvalue weighted by atomic mass is 16.5. The molecule has 0 bridgehead atoms. The second kappa shape index (κ2) is 8.24. The highest BCUT2D eigenvalue weighted by Gasteiger charge is 2.27. The zero-order valence-corrected chi connectivity index (χ0v) is 16.2. The van der Waals surface area contributed by atoms with Gasteiger partial charge in [0.25, 0.3) is 5.91 Å². The fourth-order valence-corrected chi connectivity index (χ4v) is 2.86. The minimum atomic E-state index is -1.10. The lowest BCUT2D eigenvalue weighted by molar-refractivity contribution is -0.144. The van der Waals surface area contributed by atoms with E-state index in [0.29, 0.717) is 23.3 Å². The lowest BCUT2D eigenvalue weighted by Crippen LogP contribution is -2.48. The third kappa shape index (κ3) is 4.48. The number of fused-ring (bicyclic) bond motifs is 1. The van der Waals surface area contributed by atoms with Gasteiger partial charge in [-0.3, -0.25) is 4.79 Å². The molecule has 0 aliphatic carbocycles. The lowest BCUT2D eigenvalue weighted by Gasteiger charge is -2.22. The number of rotatable bonds is 7. The number of nitrogens with one attached hydrogen (secondary N) is 1. The molecule has 146 valence electrons. The second-order valence-corrected chi connectivity index (χ2v) is 6.84. The van der Waals surface area contributed by atoms with Crippen LogP contribution in [0.3, 0.4) is 0 Å². The van der Waals surface area contributed by atoms with Crippen molar-refractivity contribution in [3.63, 3.8) is 0 Å². The zero-order valence-electron chi connectivity index (χ0n) is 16.2. The molecule has 2 aromatic rings. The summed E-state index contributed by atoms with van der Waals surface area (Å²) in [5.74, 6) is -1.48. The van der Waals surface area contributed by atoms with E-state index in [1.54, 1.807) is 32.9 Å². The predicted octanol–water partition coefficient (Wildman–Crippen LogP) is 2.66. The Morgan fingerprint density at radius 1 is 1.26 bits per heavy atom. The monoisotopic (exact) mass is 375 g/mol. The molecule has 2 rings (SSSR count). The van der Waals surface area contributed by atoms with E-state index in [1.165, 1.54) is 13.0 Å². The Morgan fingerprint density at radius 3 is 2.48 bits per heavy atom. The molecule has 0 aliphatic heterocycles. The van der Waals surface area contributed by atoms with Gasteiger partial charge in [-0.1, -0.05) is 20.8 Å². The molecule has 1 aromatic heterocycles. The molecular formula is C20H25NO6. The van der Waals surface area contributed by atoms with Gasteiger partial charge in [-0.05, 0) is 43.9 Å². The molecule has 0 aliphatic rings. The predicted molar refractivity (Wildman–Crippen MR) is 101 cm³/mol. The van der Waals surface area contributed by atoms with Crippen molar-refractivity contribution in [2.45, 2.75) is 53.2 Å². The van der Waals surface area contributed by atoms with Crippen molar-refractivity contribution in [2.75, 3.05) is 0 Å². The topological polar surface area (TPSA) is 106 Å². The summed E-state index contributed by atoms with van der Waals surface area (Å²) in [6.07, 6.45) is -0.227. The van der Waals surface area contributed by atoms with Gasteiger partial charge in [0.05, 0.1) is 0 Å². The SMILES string of the molecule is CCc1cc(=O)oc2c(C)c(O[C@H](C)C(=O)N[C@@H](C(=O)O)C(C)C)ccc12. The van der Waals surface area contributed by atoms with Crippen molar-refractivity contribution in [2.24, 2.45) is 5.92 Å². The molecule has 0 radical (unpaired) electrons. The van der Waals surface area contributed by atoms with Crippen LogP contribution in [0.1, 0.15) is 38.8 Å². The van der Waals surface area contributed by atoms with Crippen molar-refractivity contribution in [3.8, 4) is 5.75 Å². The number of amides is 1. The number of benzene rings is 1. The maximum atomic E-state index is 12.3. The van der Waals surface area contributed by atoms with Crippen LogP contribution in [0.5, 0.6) is 5.75 Å². The molecule has 0 saturated heterocycles. The third-order valence-electron chi connectivity index (χ3n) is 4.48. The van der Waals surface area contributed by atoms with Crippen LogP contribution < -0.4 is 15.7 Å². The number of carboxylic acid groups (broad SMARTS) is 1. The number of ether oxygens (including phenoxy) is 1. The normalized spacial score (nSPS) is 13.4. The Balaban J connectivity index is 2.27. The smallest absolute Gasteiger partial charge is 0.336 e. The van der Waals surface area contributed by atoms with E-state index >= 15 is 0 Å². The molecule has 0 spiro atoms. The van der Waals surface area contributed by atoms with Crippen LogP contribution in [0.2, 0.25) is 0 Å². The standard InChI is InChI=1S/C20H25NO6/c1-6-13-9-16(22)27-18-11(4)15(8-7-14(13)18)26-12(5)19(23)21-17(10(2)3)20(24)25/h7-10,12,17H,6H2,1-5H3,(H,21,23)(H,24,25)/t12-,17-/m1/s1. The van der Waals surface area contributed by atoms with Crippen molar-refractivity contribution in [3.05, 3.63) is 39.7 Å². The van der Waals surface area contributed by atoms with Gasteiger partial charge < -0.3 is 19.6 Å². The molecular weight excluding hydrogens is 350 g/mol. The van der Waals surface area contributed by atoms with E-state index < -0.39 is 29.6 Å². The molecule has 27 heavy (non-hydrogen) atoms. The van der Waals surface area contributed by atoms with Gasteiger partial charge in [0.1, 0.15) is 17.4 Å². The number of carbonyl (C=O) groups excluding carboxylic acids is 1. The molecule has 7 nitrogen and oxygen atoms in total. The summed E-state index contributed by atoms with van der Waals surface area (Å²) in [6, 6.07) is 3.98. The van der Waals surface area contributed by atoms with Crippen molar-refractivity contribution < 1.29 is 23.8 Å². The number of hydrogen-bond acceptors (Lipinski definition) is 5. The maximum absolute atomic E-state index is 12.3. The van der Waals surface area contributed by atoms with Gasteiger partial charge in [-0.2, -0.15) is 0 Å². The minimum Gasteiger partial charge on any atom is -0.480 e. The Bertz CT molecular complexity index is 915. The zero-order chi connectivity index (χ0) is 20.3. The van der Waals surface area contributed by atoms with Crippen molar-refractivity contribution in [1.29, 1.82) is 0 Å². The number of carboxylic acids is 1. The first-order valence-corrected chi connectivity index (χ1v) is 8.91. The Labute approximate surface area is 157 Å². The average molecular weight is 375 g/mol. The van der Waals surface area contributed by atoms with Crippen LogP contribution in [0.4, 0.5) is 0 Å². The van der Waals surface area contributed by atoms with Crippen LogP contribution in [-0.4, -0.2) is 29.1 Å². The first-order chi connectivity index (χ1) is 12.6. The van der Waals surface area contributed by atoms with E-state index in [0.717, 1.165) is 10.9 Å². The summed E-state index contributed by atoms with van der Waals surface area (Å²) in [7, 11) is 0. The number of carbonyl (C=O) groups is 2. The molecule has 2 atom stereocenters. The fraction of sp³-hybridized carbons (Fsp3) is 0.450. The quantitative estimate of drug-likeness (QED) is 0.721. The van der Waals surface area contributed by atoms with Crippen LogP contribution in [0.15, 0.2) is 27.4 Å². The van der Waals surface area contributed by atoms with Crippen LogP contribution >= 0.6 is 0 Å². The third-order valence-corrected chi connectivity index (χ3v) is 4.48. The van der Waals surface area contributed by atoms with Crippen LogP contribution in [-0.2, 0) is 16.0 Å². The molecule has 0 fully saturated rings. The summed E-state index contributed by atoms with van der Waals surface area (Å²) in [5, 5.41) is 12.5. The lowest BCUT2D eigenvalue weighted by atomic mass is 10.0. The summed E-state index contributed by atoms with van der Waals surface area (Å²) < 4.78 is 11.1. The van der Waals surface area contributed by atoms with Crippen LogP contribution in [0, 0.1) is 12.8 Å². The summed E-state index contributed by atoms with van der Waals surface area (Å²) >= 11 is 0. The van der Waals surface area contributed by atoms with E-state index in [4.69, 9.17) is 9.15 Å². The fourth-order valence-electron chi connectivity index (χ4n) is 2.86. The second-order valence-electron chi connectivity index (χ2n) is 6.84. The maximum Gasteiger partial charge on any atom is 0.336 e. The van der Waals surface area contributed by atoms with E-state index in [-0.39, 0.29) is 5.92 Å². The number of aryl methyl sites for hydroxylation is 2. The molecule has 7 heteroatoms.